The first-order chi connectivity index (χ1) is 9.69. The van der Waals surface area contributed by atoms with Crippen LogP contribution >= 0.6 is 34.2 Å². The molecule has 0 heterocycles. The molecule has 0 saturated carbocycles. The Morgan fingerprint density at radius 3 is 2.45 bits per heavy atom. The van der Waals surface area contributed by atoms with Crippen LogP contribution < -0.4 is 14.8 Å². The van der Waals surface area contributed by atoms with Crippen molar-refractivity contribution in [3.05, 3.63) is 51.1 Å². The van der Waals surface area contributed by atoms with Crippen molar-refractivity contribution in [1.29, 1.82) is 0 Å². The Hall–Kier alpha value is -1.14. The molecule has 0 aliphatic carbocycles. The van der Waals surface area contributed by atoms with Crippen molar-refractivity contribution in [3.63, 3.8) is 0 Å². The van der Waals surface area contributed by atoms with Crippen LogP contribution in [0, 0.1) is 3.57 Å². The third-order valence-electron chi connectivity index (χ3n) is 2.68. The fraction of sp³-hybridized carbons (Fsp3) is 0.200. The second kappa shape index (κ2) is 7.59. The minimum absolute atomic E-state index is 0.588. The Balaban J connectivity index is 1.78. The molecular formula is C15H15ClINO2. The molecule has 0 spiro atoms. The molecule has 2 rings (SSSR count). The summed E-state index contributed by atoms with van der Waals surface area (Å²) in [4.78, 5) is 0. The highest BCUT2D eigenvalue weighted by Gasteiger charge is 2.00. The Labute approximate surface area is 137 Å². The normalized spacial score (nSPS) is 10.2. The Morgan fingerprint density at radius 1 is 1.10 bits per heavy atom. The smallest absolute Gasteiger partial charge is 0.119 e. The number of benzene rings is 2. The largest absolute Gasteiger partial charge is 0.497 e. The quantitative estimate of drug-likeness (QED) is 0.571. The van der Waals surface area contributed by atoms with Gasteiger partial charge in [-0.3, -0.25) is 0 Å². The van der Waals surface area contributed by atoms with E-state index in [9.17, 15) is 0 Å². The molecule has 3 nitrogen and oxygen atoms in total. The van der Waals surface area contributed by atoms with E-state index in [1.807, 2.05) is 42.5 Å². The number of rotatable bonds is 6. The van der Waals surface area contributed by atoms with Crippen molar-refractivity contribution in [2.24, 2.45) is 0 Å². The fourth-order valence-corrected chi connectivity index (χ4v) is 2.72. The zero-order valence-corrected chi connectivity index (χ0v) is 13.9. The van der Waals surface area contributed by atoms with E-state index in [0.717, 1.165) is 32.3 Å². The number of hydrogen-bond donors (Lipinski definition) is 1. The molecule has 2 aromatic carbocycles. The maximum Gasteiger partial charge on any atom is 0.119 e. The van der Waals surface area contributed by atoms with Crippen molar-refractivity contribution in [1.82, 2.24) is 0 Å². The van der Waals surface area contributed by atoms with Crippen LogP contribution in [0.2, 0.25) is 5.02 Å². The van der Waals surface area contributed by atoms with Crippen LogP contribution in [0.25, 0.3) is 0 Å². The molecule has 2 aromatic rings. The van der Waals surface area contributed by atoms with Gasteiger partial charge in [-0.25, -0.2) is 0 Å². The highest BCUT2D eigenvalue weighted by molar-refractivity contribution is 14.1. The molecule has 0 radical (unpaired) electrons. The van der Waals surface area contributed by atoms with E-state index in [-0.39, 0.29) is 0 Å². The summed E-state index contributed by atoms with van der Waals surface area (Å²) >= 11 is 8.17. The van der Waals surface area contributed by atoms with Gasteiger partial charge >= 0.3 is 0 Å². The Bertz CT molecular complexity index is 560. The standard InChI is InChI=1S/C15H15ClINO2/c1-19-12-3-5-13(6-4-12)20-9-8-18-15-7-2-11(16)10-14(15)17/h2-7,10,18H,8-9H2,1H3. The van der Waals surface area contributed by atoms with Crippen molar-refractivity contribution >= 4 is 39.9 Å². The first-order valence-electron chi connectivity index (χ1n) is 6.15. The van der Waals surface area contributed by atoms with Gasteiger partial charge in [-0.1, -0.05) is 11.6 Å². The van der Waals surface area contributed by atoms with E-state index in [1.54, 1.807) is 7.11 Å². The highest BCUT2D eigenvalue weighted by Crippen LogP contribution is 2.22. The molecular weight excluding hydrogens is 389 g/mol. The fourth-order valence-electron chi connectivity index (χ4n) is 1.66. The number of methoxy groups -OCH3 is 1. The van der Waals surface area contributed by atoms with E-state index in [1.165, 1.54) is 0 Å². The highest BCUT2D eigenvalue weighted by atomic mass is 127. The van der Waals surface area contributed by atoms with Gasteiger partial charge in [0.05, 0.1) is 7.11 Å². The third kappa shape index (κ3) is 4.45. The molecule has 0 aliphatic heterocycles. The van der Waals surface area contributed by atoms with Crippen LogP contribution in [0.3, 0.4) is 0 Å². The maximum atomic E-state index is 5.92. The molecule has 0 aliphatic rings. The average Bonchev–Trinajstić information content (AvgIpc) is 2.46. The first-order valence-corrected chi connectivity index (χ1v) is 7.60. The summed E-state index contributed by atoms with van der Waals surface area (Å²) in [5, 5.41) is 4.06. The number of ether oxygens (including phenoxy) is 2. The summed E-state index contributed by atoms with van der Waals surface area (Å²) in [6, 6.07) is 13.3. The molecule has 1 N–H and O–H groups in total. The molecule has 0 aromatic heterocycles. The van der Waals surface area contributed by atoms with Gasteiger partial charge in [-0.2, -0.15) is 0 Å². The number of hydrogen-bond acceptors (Lipinski definition) is 3. The van der Waals surface area contributed by atoms with Crippen LogP contribution in [0.1, 0.15) is 0 Å². The minimum Gasteiger partial charge on any atom is -0.497 e. The van der Waals surface area contributed by atoms with Gasteiger partial charge in [-0.05, 0) is 65.1 Å². The van der Waals surface area contributed by atoms with E-state index in [0.29, 0.717) is 6.61 Å². The molecule has 0 amide bonds. The molecule has 0 unspecified atom stereocenters. The van der Waals surface area contributed by atoms with Gasteiger partial charge in [0, 0.05) is 20.8 Å². The summed E-state index contributed by atoms with van der Waals surface area (Å²) in [6.07, 6.45) is 0. The van der Waals surface area contributed by atoms with E-state index < -0.39 is 0 Å². The summed E-state index contributed by atoms with van der Waals surface area (Å²) in [5.74, 6) is 1.66. The van der Waals surface area contributed by atoms with Gasteiger partial charge in [0.15, 0.2) is 0 Å². The summed E-state index contributed by atoms with van der Waals surface area (Å²) in [7, 11) is 1.65. The third-order valence-corrected chi connectivity index (χ3v) is 3.80. The predicted molar refractivity (Wildman–Crippen MR) is 91.1 cm³/mol. The van der Waals surface area contributed by atoms with Crippen molar-refractivity contribution in [3.8, 4) is 11.5 Å². The number of halogens is 2. The van der Waals surface area contributed by atoms with Gasteiger partial charge in [0.1, 0.15) is 18.1 Å². The zero-order chi connectivity index (χ0) is 14.4. The Kier molecular flexibility index (Phi) is 5.79. The lowest BCUT2D eigenvalue weighted by Gasteiger charge is -2.10. The summed E-state index contributed by atoms with van der Waals surface area (Å²) in [6.45, 7) is 1.31. The predicted octanol–water partition coefficient (Wildman–Crippen LogP) is 4.44. The maximum absolute atomic E-state index is 5.92. The van der Waals surface area contributed by atoms with Crippen molar-refractivity contribution in [2.75, 3.05) is 25.6 Å². The Morgan fingerprint density at radius 2 is 1.80 bits per heavy atom. The molecule has 0 fully saturated rings. The van der Waals surface area contributed by atoms with E-state index >= 15 is 0 Å². The van der Waals surface area contributed by atoms with Crippen LogP contribution in [0.4, 0.5) is 5.69 Å². The second-order valence-electron chi connectivity index (χ2n) is 4.07. The van der Waals surface area contributed by atoms with Gasteiger partial charge in [-0.15, -0.1) is 0 Å². The minimum atomic E-state index is 0.588. The van der Waals surface area contributed by atoms with Crippen molar-refractivity contribution < 1.29 is 9.47 Å². The number of nitrogens with one attached hydrogen (secondary N) is 1. The molecule has 20 heavy (non-hydrogen) atoms. The lowest BCUT2D eigenvalue weighted by molar-refractivity contribution is 0.331. The van der Waals surface area contributed by atoms with Crippen LogP contribution in [0.5, 0.6) is 11.5 Å². The molecule has 106 valence electrons. The molecule has 5 heteroatoms. The monoisotopic (exact) mass is 403 g/mol. The van der Waals surface area contributed by atoms with Crippen LogP contribution in [-0.4, -0.2) is 20.3 Å². The number of anilines is 1. The second-order valence-corrected chi connectivity index (χ2v) is 5.67. The van der Waals surface area contributed by atoms with Crippen molar-refractivity contribution in [2.45, 2.75) is 0 Å². The summed E-state index contributed by atoms with van der Waals surface area (Å²) in [5.41, 5.74) is 1.06. The average molecular weight is 404 g/mol. The van der Waals surface area contributed by atoms with Crippen LogP contribution in [-0.2, 0) is 0 Å². The van der Waals surface area contributed by atoms with E-state index in [4.69, 9.17) is 21.1 Å². The first kappa shape index (κ1) is 15.3. The lowest BCUT2D eigenvalue weighted by atomic mass is 10.3. The zero-order valence-electron chi connectivity index (χ0n) is 11.0. The van der Waals surface area contributed by atoms with Gasteiger partial charge in [0.2, 0.25) is 0 Å². The van der Waals surface area contributed by atoms with E-state index in [2.05, 4.69) is 27.9 Å². The summed E-state index contributed by atoms with van der Waals surface area (Å²) < 4.78 is 11.8. The van der Waals surface area contributed by atoms with Gasteiger partial charge in [0.25, 0.3) is 0 Å². The van der Waals surface area contributed by atoms with Gasteiger partial charge < -0.3 is 14.8 Å². The molecule has 0 bridgehead atoms. The van der Waals surface area contributed by atoms with Crippen LogP contribution in [0.15, 0.2) is 42.5 Å². The SMILES string of the molecule is COc1ccc(OCCNc2ccc(Cl)cc2I)cc1. The lowest BCUT2D eigenvalue weighted by Crippen LogP contribution is -2.12. The molecule has 0 saturated heterocycles. The molecule has 0 atom stereocenters. The topological polar surface area (TPSA) is 30.5 Å².